The van der Waals surface area contributed by atoms with Gasteiger partial charge >= 0.3 is 0 Å². The first-order valence-corrected chi connectivity index (χ1v) is 6.36. The Morgan fingerprint density at radius 1 is 1.18 bits per heavy atom. The van der Waals surface area contributed by atoms with Gasteiger partial charge in [-0.05, 0) is 23.5 Å². The van der Waals surface area contributed by atoms with Crippen molar-refractivity contribution in [3.05, 3.63) is 23.9 Å². The van der Waals surface area contributed by atoms with Crippen molar-refractivity contribution in [3.63, 3.8) is 0 Å². The van der Waals surface area contributed by atoms with Gasteiger partial charge in [0.15, 0.2) is 0 Å². The number of hydrogen-bond donors (Lipinski definition) is 0. The molecule has 2 rings (SSSR count). The maximum Gasteiger partial charge on any atom is 0.128 e. The molecule has 0 radical (unpaired) electrons. The van der Waals surface area contributed by atoms with Crippen LogP contribution in [0.15, 0.2) is 18.3 Å². The van der Waals surface area contributed by atoms with Crippen LogP contribution in [0.3, 0.4) is 0 Å². The summed E-state index contributed by atoms with van der Waals surface area (Å²) >= 11 is 0. The van der Waals surface area contributed by atoms with E-state index in [1.54, 1.807) is 0 Å². The normalized spacial score (nSPS) is 17.9. The molecule has 1 aromatic rings. The Labute approximate surface area is 104 Å². The predicted molar refractivity (Wildman–Crippen MR) is 70.6 cm³/mol. The Morgan fingerprint density at radius 2 is 2.00 bits per heavy atom. The number of ether oxygens (including phenoxy) is 1. The second kappa shape index (κ2) is 5.05. The highest BCUT2D eigenvalue weighted by Crippen LogP contribution is 2.23. The Balaban J connectivity index is 2.11. The molecule has 3 heteroatoms. The standard InChI is InChI=1S/C14H22N2O/c1-14(2,3)12-5-6-13(15-11-12)16-7-4-9-17-10-8-16/h5-6,11H,4,7-10H2,1-3H3. The molecule has 0 aliphatic carbocycles. The summed E-state index contributed by atoms with van der Waals surface area (Å²) in [6.45, 7) is 10.3. The molecule has 1 saturated heterocycles. The van der Waals surface area contributed by atoms with E-state index in [9.17, 15) is 0 Å². The van der Waals surface area contributed by atoms with E-state index in [4.69, 9.17) is 4.74 Å². The molecule has 0 aromatic carbocycles. The highest BCUT2D eigenvalue weighted by Gasteiger charge is 2.15. The fourth-order valence-corrected chi connectivity index (χ4v) is 1.99. The zero-order valence-corrected chi connectivity index (χ0v) is 11.1. The van der Waals surface area contributed by atoms with Gasteiger partial charge in [-0.3, -0.25) is 0 Å². The fraction of sp³-hybridized carbons (Fsp3) is 0.643. The minimum absolute atomic E-state index is 0.174. The van der Waals surface area contributed by atoms with E-state index in [1.165, 1.54) is 5.56 Å². The number of rotatable bonds is 1. The minimum atomic E-state index is 0.174. The highest BCUT2D eigenvalue weighted by molar-refractivity contribution is 5.40. The van der Waals surface area contributed by atoms with Crippen LogP contribution < -0.4 is 4.90 Å². The number of anilines is 1. The first-order valence-electron chi connectivity index (χ1n) is 6.36. The smallest absolute Gasteiger partial charge is 0.128 e. The van der Waals surface area contributed by atoms with Gasteiger partial charge < -0.3 is 9.64 Å². The molecular formula is C14H22N2O. The topological polar surface area (TPSA) is 25.4 Å². The SMILES string of the molecule is CC(C)(C)c1ccc(N2CCCOCC2)nc1. The van der Waals surface area contributed by atoms with E-state index in [1.807, 2.05) is 6.20 Å². The second-order valence-electron chi connectivity index (χ2n) is 5.61. The fourth-order valence-electron chi connectivity index (χ4n) is 1.99. The zero-order valence-electron chi connectivity index (χ0n) is 11.1. The molecule has 0 amide bonds. The van der Waals surface area contributed by atoms with Gasteiger partial charge in [-0.1, -0.05) is 26.8 Å². The summed E-state index contributed by atoms with van der Waals surface area (Å²) in [5.74, 6) is 1.07. The van der Waals surface area contributed by atoms with Gasteiger partial charge in [0.2, 0.25) is 0 Å². The van der Waals surface area contributed by atoms with Crippen LogP contribution in [0.1, 0.15) is 32.8 Å². The molecule has 3 nitrogen and oxygen atoms in total. The first kappa shape index (κ1) is 12.4. The lowest BCUT2D eigenvalue weighted by atomic mass is 9.88. The summed E-state index contributed by atoms with van der Waals surface area (Å²) in [6.07, 6.45) is 3.09. The lowest BCUT2D eigenvalue weighted by Crippen LogP contribution is -2.27. The van der Waals surface area contributed by atoms with Crippen LogP contribution in [-0.4, -0.2) is 31.3 Å². The lowest BCUT2D eigenvalue weighted by molar-refractivity contribution is 0.152. The molecule has 0 atom stereocenters. The summed E-state index contributed by atoms with van der Waals surface area (Å²) in [6, 6.07) is 4.32. The van der Waals surface area contributed by atoms with Gasteiger partial charge in [-0.25, -0.2) is 4.98 Å². The third kappa shape index (κ3) is 3.19. The molecule has 0 spiro atoms. The molecule has 0 N–H and O–H groups in total. The molecule has 1 aliphatic heterocycles. The molecule has 0 saturated carbocycles. The molecule has 94 valence electrons. The van der Waals surface area contributed by atoms with Crippen molar-refractivity contribution in [2.24, 2.45) is 0 Å². The van der Waals surface area contributed by atoms with E-state index < -0.39 is 0 Å². The molecule has 0 bridgehead atoms. The third-order valence-electron chi connectivity index (χ3n) is 3.16. The molecular weight excluding hydrogens is 212 g/mol. The largest absolute Gasteiger partial charge is 0.380 e. The van der Waals surface area contributed by atoms with Crippen LogP contribution in [0.25, 0.3) is 0 Å². The van der Waals surface area contributed by atoms with Crippen LogP contribution >= 0.6 is 0 Å². The van der Waals surface area contributed by atoms with Crippen molar-refractivity contribution >= 4 is 5.82 Å². The molecule has 17 heavy (non-hydrogen) atoms. The van der Waals surface area contributed by atoms with Gasteiger partial charge in [-0.15, -0.1) is 0 Å². The van der Waals surface area contributed by atoms with Crippen molar-refractivity contribution < 1.29 is 4.74 Å². The van der Waals surface area contributed by atoms with E-state index in [0.717, 1.165) is 38.5 Å². The van der Waals surface area contributed by atoms with E-state index >= 15 is 0 Å². The Morgan fingerprint density at radius 3 is 2.65 bits per heavy atom. The van der Waals surface area contributed by atoms with Crippen molar-refractivity contribution in [1.29, 1.82) is 0 Å². The Hall–Kier alpha value is -1.09. The number of hydrogen-bond acceptors (Lipinski definition) is 3. The van der Waals surface area contributed by atoms with Crippen LogP contribution in [-0.2, 0) is 10.2 Å². The Kier molecular flexibility index (Phi) is 3.67. The molecule has 1 fully saturated rings. The summed E-state index contributed by atoms with van der Waals surface area (Å²) in [4.78, 5) is 6.89. The summed E-state index contributed by atoms with van der Waals surface area (Å²) in [5.41, 5.74) is 1.46. The number of aromatic nitrogens is 1. The molecule has 2 heterocycles. The summed E-state index contributed by atoms with van der Waals surface area (Å²) in [7, 11) is 0. The highest BCUT2D eigenvalue weighted by atomic mass is 16.5. The minimum Gasteiger partial charge on any atom is -0.380 e. The van der Waals surface area contributed by atoms with Crippen LogP contribution in [0, 0.1) is 0 Å². The quantitative estimate of drug-likeness (QED) is 0.747. The van der Waals surface area contributed by atoms with Crippen molar-refractivity contribution in [2.75, 3.05) is 31.2 Å². The average molecular weight is 234 g/mol. The van der Waals surface area contributed by atoms with E-state index in [2.05, 4.69) is 42.8 Å². The van der Waals surface area contributed by atoms with E-state index in [-0.39, 0.29) is 5.41 Å². The number of nitrogens with zero attached hydrogens (tertiary/aromatic N) is 2. The maximum absolute atomic E-state index is 5.45. The van der Waals surface area contributed by atoms with Crippen LogP contribution in [0.5, 0.6) is 0 Å². The zero-order chi connectivity index (χ0) is 12.3. The monoisotopic (exact) mass is 234 g/mol. The molecule has 1 aliphatic rings. The maximum atomic E-state index is 5.45. The van der Waals surface area contributed by atoms with Gasteiger partial charge in [0, 0.05) is 25.9 Å². The Bertz CT molecular complexity index is 345. The molecule has 1 aromatic heterocycles. The second-order valence-corrected chi connectivity index (χ2v) is 5.61. The van der Waals surface area contributed by atoms with E-state index in [0.29, 0.717) is 0 Å². The third-order valence-corrected chi connectivity index (χ3v) is 3.16. The summed E-state index contributed by atoms with van der Waals surface area (Å²) in [5, 5.41) is 0. The first-order chi connectivity index (χ1) is 8.07. The van der Waals surface area contributed by atoms with Crippen LogP contribution in [0.2, 0.25) is 0 Å². The number of pyridine rings is 1. The predicted octanol–water partition coefficient (Wildman–Crippen LogP) is 2.61. The van der Waals surface area contributed by atoms with Crippen molar-refractivity contribution in [2.45, 2.75) is 32.6 Å². The van der Waals surface area contributed by atoms with Gasteiger partial charge in [0.25, 0.3) is 0 Å². The van der Waals surface area contributed by atoms with Crippen molar-refractivity contribution in [1.82, 2.24) is 4.98 Å². The van der Waals surface area contributed by atoms with Gasteiger partial charge in [0.1, 0.15) is 5.82 Å². The van der Waals surface area contributed by atoms with Crippen molar-refractivity contribution in [3.8, 4) is 0 Å². The molecule has 0 unspecified atom stereocenters. The average Bonchev–Trinajstić information content (AvgIpc) is 2.56. The van der Waals surface area contributed by atoms with Crippen LogP contribution in [0.4, 0.5) is 5.82 Å². The summed E-state index contributed by atoms with van der Waals surface area (Å²) < 4.78 is 5.45. The lowest BCUT2D eigenvalue weighted by Gasteiger charge is -2.23. The van der Waals surface area contributed by atoms with Gasteiger partial charge in [0.05, 0.1) is 6.61 Å². The van der Waals surface area contributed by atoms with Gasteiger partial charge in [-0.2, -0.15) is 0 Å².